The first-order valence-electron chi connectivity index (χ1n) is 2.63. The lowest BCUT2D eigenvalue weighted by molar-refractivity contribution is -0.497. The van der Waals surface area contributed by atoms with Gasteiger partial charge >= 0.3 is 0 Å². The summed E-state index contributed by atoms with van der Waals surface area (Å²) in [4.78, 5) is 0. The van der Waals surface area contributed by atoms with E-state index in [9.17, 15) is 5.21 Å². The summed E-state index contributed by atoms with van der Waals surface area (Å²) in [7, 11) is 0. The van der Waals surface area contributed by atoms with Crippen molar-refractivity contribution in [2.75, 3.05) is 5.73 Å². The van der Waals surface area contributed by atoms with Gasteiger partial charge in [-0.2, -0.15) is 0 Å². The lowest BCUT2D eigenvalue weighted by atomic mass is 10.3. The van der Waals surface area contributed by atoms with Crippen molar-refractivity contribution in [2.45, 2.75) is 0 Å². The molecule has 0 aliphatic carbocycles. The zero-order valence-corrected chi connectivity index (χ0v) is 4.87. The van der Waals surface area contributed by atoms with Crippen molar-refractivity contribution < 1.29 is 5.48 Å². The van der Waals surface area contributed by atoms with Crippen LogP contribution in [0.15, 0.2) is 24.3 Å². The molecule has 0 bridgehead atoms. The predicted molar refractivity (Wildman–Crippen MR) is 35.8 cm³/mol. The molecule has 3 heteroatoms. The molecule has 0 amide bonds. The predicted octanol–water partition coefficient (Wildman–Crippen LogP) is -0.0385. The van der Waals surface area contributed by atoms with Crippen LogP contribution in [0, 0.1) is 5.21 Å². The van der Waals surface area contributed by atoms with E-state index >= 15 is 0 Å². The van der Waals surface area contributed by atoms with Gasteiger partial charge in [0.25, 0.3) is 0 Å². The molecule has 0 atom stereocenters. The van der Waals surface area contributed by atoms with E-state index in [4.69, 9.17) is 5.73 Å². The molecule has 0 fully saturated rings. The van der Waals surface area contributed by atoms with Crippen LogP contribution in [-0.4, -0.2) is 0 Å². The summed E-state index contributed by atoms with van der Waals surface area (Å²) in [6.45, 7) is 0. The van der Waals surface area contributed by atoms with Gasteiger partial charge in [-0.15, -0.1) is 0 Å². The van der Waals surface area contributed by atoms with Crippen molar-refractivity contribution in [2.24, 2.45) is 0 Å². The number of rotatable bonds is 1. The van der Waals surface area contributed by atoms with Gasteiger partial charge in [-0.1, -0.05) is 6.07 Å². The molecule has 0 heterocycles. The maximum atomic E-state index is 10.1. The summed E-state index contributed by atoms with van der Waals surface area (Å²) in [5.74, 6) is 0. The van der Waals surface area contributed by atoms with E-state index in [0.29, 0.717) is 11.4 Å². The second kappa shape index (κ2) is 2.48. The standard InChI is InChI=1S/C6H8N2O/c7-5-2-1-3-6(4-5)8-9/h1-4H,7-8H2. The number of benzene rings is 1. The zero-order valence-electron chi connectivity index (χ0n) is 4.87. The van der Waals surface area contributed by atoms with Crippen LogP contribution in [0.25, 0.3) is 0 Å². The lowest BCUT2D eigenvalue weighted by Gasteiger charge is -1.99. The van der Waals surface area contributed by atoms with Crippen LogP contribution in [0.4, 0.5) is 11.4 Å². The minimum atomic E-state index is 0.620. The third-order valence-corrected chi connectivity index (χ3v) is 1.05. The molecule has 4 N–H and O–H groups in total. The van der Waals surface area contributed by atoms with E-state index in [-0.39, 0.29) is 0 Å². The van der Waals surface area contributed by atoms with E-state index in [2.05, 4.69) is 0 Å². The third-order valence-electron chi connectivity index (χ3n) is 1.05. The van der Waals surface area contributed by atoms with Crippen molar-refractivity contribution in [1.29, 1.82) is 0 Å². The monoisotopic (exact) mass is 124 g/mol. The average molecular weight is 124 g/mol. The highest BCUT2D eigenvalue weighted by Crippen LogP contribution is 2.05. The fourth-order valence-corrected chi connectivity index (χ4v) is 0.632. The molecule has 0 aromatic heterocycles. The molecule has 9 heavy (non-hydrogen) atoms. The Balaban J connectivity index is 2.94. The molecule has 1 aromatic carbocycles. The largest absolute Gasteiger partial charge is 0.630 e. The van der Waals surface area contributed by atoms with Gasteiger partial charge in [-0.25, -0.2) is 0 Å². The smallest absolute Gasteiger partial charge is 0.131 e. The lowest BCUT2D eigenvalue weighted by Crippen LogP contribution is -2.70. The van der Waals surface area contributed by atoms with Gasteiger partial charge < -0.3 is 16.4 Å². The minimum absolute atomic E-state index is 0.620. The van der Waals surface area contributed by atoms with Crippen LogP contribution in [0.3, 0.4) is 0 Å². The van der Waals surface area contributed by atoms with Crippen LogP contribution in [0.1, 0.15) is 0 Å². The topological polar surface area (TPSA) is 65.7 Å². The molecule has 48 valence electrons. The Morgan fingerprint density at radius 2 is 2.22 bits per heavy atom. The molecule has 1 rings (SSSR count). The minimum Gasteiger partial charge on any atom is -0.630 e. The molecule has 0 aliphatic heterocycles. The Hall–Kier alpha value is -1.06. The van der Waals surface area contributed by atoms with Crippen LogP contribution in [-0.2, 0) is 0 Å². The summed E-state index contributed by atoms with van der Waals surface area (Å²) < 4.78 is 0. The normalized spacial score (nSPS) is 9.44. The first-order valence-corrected chi connectivity index (χ1v) is 2.63. The quantitative estimate of drug-likeness (QED) is 0.407. The molecular formula is C6H8N2O. The number of nitrogens with two attached hydrogens (primary N) is 2. The second-order valence-corrected chi connectivity index (χ2v) is 1.79. The molecule has 0 saturated heterocycles. The highest BCUT2D eigenvalue weighted by Gasteiger charge is 1.87. The number of hydrogen-bond acceptors (Lipinski definition) is 2. The summed E-state index contributed by atoms with van der Waals surface area (Å²) >= 11 is 0. The Morgan fingerprint density at radius 1 is 1.44 bits per heavy atom. The Bertz CT molecular complexity index is 200. The Labute approximate surface area is 53.1 Å². The van der Waals surface area contributed by atoms with Crippen molar-refractivity contribution in [3.63, 3.8) is 0 Å². The van der Waals surface area contributed by atoms with Crippen molar-refractivity contribution in [3.05, 3.63) is 29.5 Å². The van der Waals surface area contributed by atoms with Gasteiger partial charge in [-0.05, 0) is 12.1 Å². The van der Waals surface area contributed by atoms with Gasteiger partial charge in [-0.3, -0.25) is 0 Å². The zero-order chi connectivity index (χ0) is 6.69. The molecule has 0 unspecified atom stereocenters. The Morgan fingerprint density at radius 3 is 2.67 bits per heavy atom. The van der Waals surface area contributed by atoms with E-state index < -0.39 is 0 Å². The number of hydrogen-bond donors (Lipinski definition) is 2. The molecule has 0 spiro atoms. The summed E-state index contributed by atoms with van der Waals surface area (Å²) in [5.41, 5.74) is 7.39. The van der Waals surface area contributed by atoms with E-state index in [0.717, 1.165) is 5.48 Å². The SMILES string of the molecule is Nc1cccc([NH2+][O-])c1. The number of quaternary nitrogens is 1. The molecule has 0 aliphatic rings. The van der Waals surface area contributed by atoms with Crippen LogP contribution >= 0.6 is 0 Å². The molecule has 0 radical (unpaired) electrons. The molecular weight excluding hydrogens is 116 g/mol. The van der Waals surface area contributed by atoms with Crippen molar-refractivity contribution in [1.82, 2.24) is 0 Å². The molecule has 1 aromatic rings. The van der Waals surface area contributed by atoms with Crippen molar-refractivity contribution >= 4 is 11.4 Å². The first kappa shape index (κ1) is 6.07. The van der Waals surface area contributed by atoms with Crippen LogP contribution in [0.5, 0.6) is 0 Å². The van der Waals surface area contributed by atoms with E-state index in [1.807, 2.05) is 0 Å². The number of anilines is 1. The molecule has 0 saturated carbocycles. The van der Waals surface area contributed by atoms with Crippen LogP contribution < -0.4 is 11.2 Å². The van der Waals surface area contributed by atoms with Crippen molar-refractivity contribution in [3.8, 4) is 0 Å². The first-order chi connectivity index (χ1) is 4.33. The summed E-state index contributed by atoms with van der Waals surface area (Å²) in [6.07, 6.45) is 0. The van der Waals surface area contributed by atoms with Gasteiger partial charge in [0.05, 0.1) is 0 Å². The van der Waals surface area contributed by atoms with Gasteiger partial charge in [0.2, 0.25) is 0 Å². The van der Waals surface area contributed by atoms with E-state index in [1.54, 1.807) is 24.3 Å². The fraction of sp³-hybridized carbons (Fsp3) is 0. The second-order valence-electron chi connectivity index (χ2n) is 1.79. The maximum Gasteiger partial charge on any atom is 0.131 e. The maximum absolute atomic E-state index is 10.1. The summed E-state index contributed by atoms with van der Waals surface area (Å²) in [5, 5.41) is 10.1. The Kier molecular flexibility index (Phi) is 1.67. The third kappa shape index (κ3) is 1.42. The molecule has 3 nitrogen and oxygen atoms in total. The average Bonchev–Trinajstić information content (AvgIpc) is 1.88. The van der Waals surface area contributed by atoms with Gasteiger partial charge in [0.1, 0.15) is 5.69 Å². The van der Waals surface area contributed by atoms with E-state index in [1.165, 1.54) is 0 Å². The van der Waals surface area contributed by atoms with Crippen LogP contribution in [0.2, 0.25) is 0 Å². The fourth-order valence-electron chi connectivity index (χ4n) is 0.632. The van der Waals surface area contributed by atoms with Gasteiger partial charge in [0, 0.05) is 11.8 Å². The highest BCUT2D eigenvalue weighted by molar-refractivity contribution is 5.46. The van der Waals surface area contributed by atoms with Gasteiger partial charge in [0.15, 0.2) is 0 Å². The highest BCUT2D eigenvalue weighted by atomic mass is 16.5. The number of nitrogen functional groups attached to an aromatic ring is 1. The summed E-state index contributed by atoms with van der Waals surface area (Å²) in [6, 6.07) is 6.84.